The van der Waals surface area contributed by atoms with Crippen molar-refractivity contribution in [3.63, 3.8) is 0 Å². The lowest BCUT2D eigenvalue weighted by molar-refractivity contribution is -0.138. The summed E-state index contributed by atoms with van der Waals surface area (Å²) in [5.74, 6) is 0. The Bertz CT molecular complexity index is 1370. The average Bonchev–Trinajstić information content (AvgIpc) is 2.97. The Labute approximate surface area is 340 Å². The van der Waals surface area contributed by atoms with Crippen LogP contribution >= 0.6 is 25.8 Å². The summed E-state index contributed by atoms with van der Waals surface area (Å²) >= 11 is 0. The summed E-state index contributed by atoms with van der Waals surface area (Å²) in [4.78, 5) is 53.0. The van der Waals surface area contributed by atoms with Crippen molar-refractivity contribution < 1.29 is 59.0 Å². The number of rotatable bonds is 8. The highest BCUT2D eigenvalue weighted by Crippen LogP contribution is 2.56. The fourth-order valence-electron chi connectivity index (χ4n) is 6.51. The molecule has 0 aromatic heterocycles. The summed E-state index contributed by atoms with van der Waals surface area (Å²) in [5.41, 5.74) is 1.72. The van der Waals surface area contributed by atoms with Crippen LogP contribution in [-0.2, 0) is 42.4 Å². The highest BCUT2D eigenvalue weighted by Gasteiger charge is 2.58. The minimum atomic E-state index is -2.62. The van der Waals surface area contributed by atoms with Gasteiger partial charge in [-0.25, -0.2) is 4.31 Å². The summed E-state index contributed by atoms with van der Waals surface area (Å²) < 4.78 is 3.60. The van der Waals surface area contributed by atoms with Crippen LogP contribution in [0.1, 0.15) is 169 Å². The molecule has 2 aromatic rings. The fourth-order valence-corrected chi connectivity index (χ4v) is 7.03. The van der Waals surface area contributed by atoms with Gasteiger partial charge in [0.2, 0.25) is 0 Å². The van der Waals surface area contributed by atoms with Crippen LogP contribution in [0.4, 0.5) is 0 Å². The third-order valence-electron chi connectivity index (χ3n) is 9.79. The van der Waals surface area contributed by atoms with Gasteiger partial charge < -0.3 is 54.7 Å². The first-order valence-electron chi connectivity index (χ1n) is 18.6. The van der Waals surface area contributed by atoms with Crippen LogP contribution in [0.25, 0.3) is 0 Å². The van der Waals surface area contributed by atoms with Crippen LogP contribution < -0.4 is 0 Å². The third kappa shape index (κ3) is 14.2. The molecule has 15 heteroatoms. The molecule has 0 radical (unpaired) electrons. The quantitative estimate of drug-likeness (QED) is 0.118. The molecule has 56 heavy (non-hydrogen) atoms. The molecule has 0 aliphatic rings. The molecule has 0 aliphatic heterocycles. The lowest BCUT2D eigenvalue weighted by Crippen LogP contribution is -2.57. The molecule has 0 aliphatic carbocycles. The molecular weight excluding hydrogens is 777 g/mol. The van der Waals surface area contributed by atoms with E-state index in [2.05, 4.69) is 153 Å². The van der Waals surface area contributed by atoms with Crippen molar-refractivity contribution in [2.45, 2.75) is 163 Å². The van der Waals surface area contributed by atoms with E-state index < -0.39 is 78.3 Å². The Hall–Kier alpha value is -0.750. The van der Waals surface area contributed by atoms with E-state index in [0.29, 0.717) is 11.1 Å². The van der Waals surface area contributed by atoms with E-state index in [1.165, 1.54) is 0 Å². The number of aliphatic hydroxyl groups excluding tert-OH is 3. The number of hydrogen-bond acceptors (Lipinski definition) is 12. The van der Waals surface area contributed by atoms with Crippen molar-refractivity contribution in [1.82, 2.24) is 0 Å². The van der Waals surface area contributed by atoms with E-state index in [1.807, 2.05) is 0 Å². The minimum absolute atomic E-state index is 0.167. The van der Waals surface area contributed by atoms with Crippen molar-refractivity contribution in [1.29, 1.82) is 0 Å². The molecule has 2 aromatic carbocycles. The highest BCUT2D eigenvalue weighted by molar-refractivity contribution is 7.53. The minimum Gasteiger partial charge on any atom is -0.395 e. The van der Waals surface area contributed by atoms with Crippen LogP contribution in [0.2, 0.25) is 0 Å². The zero-order chi connectivity index (χ0) is 45.0. The lowest BCUT2D eigenvalue weighted by Gasteiger charge is -2.52. The molecule has 0 amide bonds. The van der Waals surface area contributed by atoms with Gasteiger partial charge in [-0.15, -0.1) is 0 Å². The van der Waals surface area contributed by atoms with E-state index in [9.17, 15) is 20.4 Å². The maximum absolute atomic E-state index is 14.1. The maximum Gasteiger partial charge on any atom is 0.334 e. The van der Waals surface area contributed by atoms with E-state index in [-0.39, 0.29) is 10.8 Å². The molecule has 0 fully saturated rings. The molecule has 0 spiro atoms. The number of benzene rings is 2. The van der Waals surface area contributed by atoms with Crippen molar-refractivity contribution in [2.75, 3.05) is 19.8 Å². The van der Waals surface area contributed by atoms with E-state index in [1.54, 1.807) is 0 Å². The molecule has 0 bridgehead atoms. The number of hydrogen-bond donors (Lipinski definition) is 11. The third-order valence-corrected chi connectivity index (χ3v) is 11.0. The maximum atomic E-state index is 14.1. The summed E-state index contributed by atoms with van der Waals surface area (Å²) in [5, 5.41) is 48.0. The van der Waals surface area contributed by atoms with E-state index in [0.717, 1.165) is 33.4 Å². The standard InChI is InChI=1S/C41H68O4.H4O5P2.H3O3P/c1-34(2,3)26-19-28(36(7,8)9)32(29(20-26)37(10,11)12)41(45,40(23-42,24-43)25-44)33-30(38(13,14)15)21-27(35(4,5)6)22-31(33)39(16,17)18;1-6(2)5-7(3)4;1-4(2)3/h19-22,42-45H,23-25H2,1-18H3;1-4H;1-3H. The van der Waals surface area contributed by atoms with Gasteiger partial charge in [0.1, 0.15) is 5.60 Å². The topological polar surface area (TPSA) is 232 Å². The summed E-state index contributed by atoms with van der Waals surface area (Å²) in [6.07, 6.45) is 0. The van der Waals surface area contributed by atoms with Gasteiger partial charge in [-0.3, -0.25) is 0 Å². The Morgan fingerprint density at radius 2 is 0.607 bits per heavy atom. The van der Waals surface area contributed by atoms with E-state index in [4.69, 9.17) is 34.3 Å². The fraction of sp³-hybridized carbons (Fsp3) is 0.707. The smallest absolute Gasteiger partial charge is 0.334 e. The van der Waals surface area contributed by atoms with Crippen LogP contribution in [0.3, 0.4) is 0 Å². The molecule has 11 N–H and O–H groups in total. The van der Waals surface area contributed by atoms with Crippen molar-refractivity contribution >= 4 is 25.8 Å². The van der Waals surface area contributed by atoms with Gasteiger partial charge in [0.25, 0.3) is 0 Å². The molecule has 0 unspecified atom stereocenters. The predicted octanol–water partition coefficient (Wildman–Crippen LogP) is 7.29. The second-order valence-electron chi connectivity index (χ2n) is 20.7. The van der Waals surface area contributed by atoms with Gasteiger partial charge in [0, 0.05) is 0 Å². The van der Waals surface area contributed by atoms with Crippen molar-refractivity contribution in [2.24, 2.45) is 5.41 Å². The monoisotopic (exact) mass is 852 g/mol. The van der Waals surface area contributed by atoms with Crippen LogP contribution in [0.5, 0.6) is 0 Å². The SMILES string of the molecule is CC(C)(C)c1cc(C(C)(C)C)c(C(O)(c2c(C(C)(C)C)cc(C(C)(C)C)cc2C(C)(C)C)C(CO)(CO)CO)c(C(C)(C)C)c1.OP(O)O.OP(O)OP(O)O. The van der Waals surface area contributed by atoms with Gasteiger partial charge in [0.05, 0.1) is 25.2 Å². The first-order valence-corrected chi connectivity index (χ1v) is 22.1. The first-order chi connectivity index (χ1) is 24.7. The molecule has 2 rings (SSSR count). The summed E-state index contributed by atoms with van der Waals surface area (Å²) in [6.45, 7) is 37.2. The van der Waals surface area contributed by atoms with Gasteiger partial charge >= 0.3 is 25.8 Å². The predicted molar refractivity (Wildman–Crippen MR) is 229 cm³/mol. The summed E-state index contributed by atoms with van der Waals surface area (Å²) in [6, 6.07) is 8.85. The molecule has 326 valence electrons. The molecule has 0 heterocycles. The van der Waals surface area contributed by atoms with Crippen molar-refractivity contribution in [3.05, 3.63) is 68.8 Å². The van der Waals surface area contributed by atoms with Crippen LogP contribution in [0.15, 0.2) is 24.3 Å². The lowest BCUT2D eigenvalue weighted by atomic mass is 9.55. The Balaban J connectivity index is 0.00000240. The van der Waals surface area contributed by atoms with Gasteiger partial charge in [-0.2, -0.15) is 0 Å². The van der Waals surface area contributed by atoms with E-state index >= 15 is 0 Å². The largest absolute Gasteiger partial charge is 0.395 e. The molecule has 12 nitrogen and oxygen atoms in total. The second-order valence-corrected chi connectivity index (χ2v) is 22.9. The summed E-state index contributed by atoms with van der Waals surface area (Å²) in [7, 11) is -7.84. The molecule has 0 saturated heterocycles. The Kier molecular flexibility index (Phi) is 19.5. The van der Waals surface area contributed by atoms with Crippen LogP contribution in [0, 0.1) is 5.41 Å². The normalized spacial score (nSPS) is 13.9. The van der Waals surface area contributed by atoms with Gasteiger partial charge in [-0.1, -0.05) is 149 Å². The molecular formula is C41H75O12P3. The average molecular weight is 853 g/mol. The molecule has 0 atom stereocenters. The van der Waals surface area contributed by atoms with Gasteiger partial charge in [0.15, 0.2) is 0 Å². The highest BCUT2D eigenvalue weighted by atomic mass is 31.2. The van der Waals surface area contributed by atoms with Crippen molar-refractivity contribution in [3.8, 4) is 0 Å². The Morgan fingerprint density at radius 3 is 0.714 bits per heavy atom. The Morgan fingerprint density at radius 1 is 0.411 bits per heavy atom. The zero-order valence-corrected chi connectivity index (χ0v) is 39.8. The van der Waals surface area contributed by atoms with Gasteiger partial charge in [-0.05, 0) is 77.0 Å². The second kappa shape index (κ2) is 19.8. The molecule has 0 saturated carbocycles. The zero-order valence-electron chi connectivity index (χ0n) is 37.1. The first kappa shape index (κ1) is 55.2. The van der Waals surface area contributed by atoms with Crippen LogP contribution in [-0.4, -0.2) is 74.5 Å². The number of aliphatic hydroxyl groups is 4.